The van der Waals surface area contributed by atoms with Gasteiger partial charge in [0.2, 0.25) is 10.0 Å². The minimum absolute atomic E-state index is 0.380. The van der Waals surface area contributed by atoms with Crippen molar-refractivity contribution >= 4 is 10.0 Å². The van der Waals surface area contributed by atoms with Crippen LogP contribution in [0.15, 0.2) is 59.8 Å². The van der Waals surface area contributed by atoms with Gasteiger partial charge in [0.15, 0.2) is 0 Å². The highest BCUT2D eigenvalue weighted by Gasteiger charge is 2.27. The molecular weight excluding hydrogens is 310 g/mol. The topological polar surface area (TPSA) is 53.5 Å². The number of rotatable bonds is 5. The summed E-state index contributed by atoms with van der Waals surface area (Å²) in [6.45, 7) is 3.60. The summed E-state index contributed by atoms with van der Waals surface area (Å²) >= 11 is 0. The quantitative estimate of drug-likeness (QED) is 0.836. The van der Waals surface area contributed by atoms with Crippen molar-refractivity contribution < 1.29 is 8.42 Å². The monoisotopic (exact) mass is 331 g/mol. The molecule has 6 heteroatoms. The summed E-state index contributed by atoms with van der Waals surface area (Å²) in [4.78, 5) is 6.72. The molecule has 1 fully saturated rings. The van der Waals surface area contributed by atoms with Gasteiger partial charge in [-0.25, -0.2) is 8.42 Å². The third-order valence-electron chi connectivity index (χ3n) is 4.18. The molecule has 5 nitrogen and oxygen atoms in total. The van der Waals surface area contributed by atoms with E-state index < -0.39 is 10.0 Å². The van der Waals surface area contributed by atoms with Crippen LogP contribution in [0.2, 0.25) is 0 Å². The molecule has 1 saturated heterocycles. The van der Waals surface area contributed by atoms with Crippen molar-refractivity contribution in [3.05, 3.63) is 60.4 Å². The van der Waals surface area contributed by atoms with Crippen LogP contribution < -0.4 is 0 Å². The van der Waals surface area contributed by atoms with Gasteiger partial charge in [0.05, 0.1) is 4.90 Å². The van der Waals surface area contributed by atoms with Gasteiger partial charge in [-0.3, -0.25) is 4.98 Å². The maximum Gasteiger partial charge on any atom is 0.243 e. The lowest BCUT2D eigenvalue weighted by atomic mass is 10.2. The maximum atomic E-state index is 12.6. The van der Waals surface area contributed by atoms with E-state index in [-0.39, 0.29) is 0 Å². The molecule has 1 aromatic carbocycles. The fourth-order valence-corrected chi connectivity index (χ4v) is 4.21. The predicted molar refractivity (Wildman–Crippen MR) is 89.6 cm³/mol. The number of hydrogen-bond acceptors (Lipinski definition) is 4. The predicted octanol–water partition coefficient (Wildman–Crippen LogP) is 1.63. The Morgan fingerprint density at radius 2 is 1.57 bits per heavy atom. The minimum atomic E-state index is -3.35. The van der Waals surface area contributed by atoms with Crippen LogP contribution in [0.4, 0.5) is 0 Å². The smallest absolute Gasteiger partial charge is 0.243 e. The molecule has 0 N–H and O–H groups in total. The van der Waals surface area contributed by atoms with E-state index in [0.717, 1.165) is 26.1 Å². The molecule has 3 rings (SSSR count). The van der Waals surface area contributed by atoms with E-state index in [0.29, 0.717) is 18.0 Å². The van der Waals surface area contributed by atoms with Gasteiger partial charge < -0.3 is 4.90 Å². The lowest BCUT2D eigenvalue weighted by Crippen LogP contribution is -2.48. The summed E-state index contributed by atoms with van der Waals surface area (Å²) in [6, 6.07) is 12.7. The van der Waals surface area contributed by atoms with E-state index in [2.05, 4.69) is 9.88 Å². The second-order valence-corrected chi connectivity index (χ2v) is 7.60. The molecule has 1 aliphatic rings. The first kappa shape index (κ1) is 16.1. The molecule has 2 heterocycles. The van der Waals surface area contributed by atoms with Gasteiger partial charge in [0.25, 0.3) is 0 Å². The fraction of sp³-hybridized carbons (Fsp3) is 0.353. The first-order valence-corrected chi connectivity index (χ1v) is 9.27. The van der Waals surface area contributed by atoms with E-state index in [1.165, 1.54) is 5.56 Å². The van der Waals surface area contributed by atoms with Crippen molar-refractivity contribution in [3.8, 4) is 0 Å². The lowest BCUT2D eigenvalue weighted by molar-refractivity contribution is 0.190. The highest BCUT2D eigenvalue weighted by molar-refractivity contribution is 7.89. The highest BCUT2D eigenvalue weighted by atomic mass is 32.2. The standard InChI is InChI=1S/C17H21N3O2S/c21-23(22,17-4-2-1-3-5-17)20-14-12-19(13-15-20)11-8-16-6-9-18-10-7-16/h1-7,9-10H,8,11-15H2. The average Bonchev–Trinajstić information content (AvgIpc) is 2.62. The van der Waals surface area contributed by atoms with Crippen molar-refractivity contribution in [2.75, 3.05) is 32.7 Å². The SMILES string of the molecule is O=S(=O)(c1ccccc1)N1CCN(CCc2ccncc2)CC1. The summed E-state index contributed by atoms with van der Waals surface area (Å²) in [5.41, 5.74) is 1.26. The molecule has 0 amide bonds. The van der Waals surface area contributed by atoms with Crippen LogP contribution in [0.5, 0.6) is 0 Å². The second kappa shape index (κ2) is 7.21. The molecule has 23 heavy (non-hydrogen) atoms. The molecule has 0 radical (unpaired) electrons. The minimum Gasteiger partial charge on any atom is -0.300 e. The van der Waals surface area contributed by atoms with Crippen LogP contribution in [0.25, 0.3) is 0 Å². The zero-order valence-electron chi connectivity index (χ0n) is 13.0. The Hall–Kier alpha value is -1.76. The molecular formula is C17H21N3O2S. The number of pyridine rings is 1. The Labute approximate surface area is 137 Å². The van der Waals surface area contributed by atoms with Crippen LogP contribution >= 0.6 is 0 Å². The van der Waals surface area contributed by atoms with Gasteiger partial charge in [-0.1, -0.05) is 18.2 Å². The van der Waals surface area contributed by atoms with Gasteiger partial charge in [-0.15, -0.1) is 0 Å². The molecule has 0 unspecified atom stereocenters. The highest BCUT2D eigenvalue weighted by Crippen LogP contribution is 2.17. The van der Waals surface area contributed by atoms with Crippen LogP contribution in [0.1, 0.15) is 5.56 Å². The summed E-state index contributed by atoms with van der Waals surface area (Å²) in [5.74, 6) is 0. The maximum absolute atomic E-state index is 12.6. The van der Waals surface area contributed by atoms with Crippen LogP contribution in [-0.4, -0.2) is 55.3 Å². The summed E-state index contributed by atoms with van der Waals surface area (Å²) in [5, 5.41) is 0. The number of aromatic nitrogens is 1. The molecule has 0 aliphatic carbocycles. The number of benzene rings is 1. The van der Waals surface area contributed by atoms with E-state index >= 15 is 0 Å². The largest absolute Gasteiger partial charge is 0.300 e. The molecule has 0 atom stereocenters. The summed E-state index contributed by atoms with van der Waals surface area (Å²) in [6.07, 6.45) is 4.58. The zero-order valence-corrected chi connectivity index (χ0v) is 13.8. The third-order valence-corrected chi connectivity index (χ3v) is 6.09. The van der Waals surface area contributed by atoms with Crippen molar-refractivity contribution in [1.29, 1.82) is 0 Å². The van der Waals surface area contributed by atoms with Crippen molar-refractivity contribution in [1.82, 2.24) is 14.2 Å². The lowest BCUT2D eigenvalue weighted by Gasteiger charge is -2.34. The summed E-state index contributed by atoms with van der Waals surface area (Å²) in [7, 11) is -3.35. The number of hydrogen-bond donors (Lipinski definition) is 0. The third kappa shape index (κ3) is 3.96. The van der Waals surface area contributed by atoms with Gasteiger partial charge in [-0.05, 0) is 36.2 Å². The zero-order chi connectivity index (χ0) is 16.1. The van der Waals surface area contributed by atoms with Gasteiger partial charge >= 0.3 is 0 Å². The van der Waals surface area contributed by atoms with Crippen molar-refractivity contribution in [3.63, 3.8) is 0 Å². The molecule has 122 valence electrons. The summed E-state index contributed by atoms with van der Waals surface area (Å²) < 4.78 is 26.7. The molecule has 0 spiro atoms. The van der Waals surface area contributed by atoms with Crippen LogP contribution in [0, 0.1) is 0 Å². The Balaban J connectivity index is 1.54. The molecule has 1 aliphatic heterocycles. The van der Waals surface area contributed by atoms with Crippen LogP contribution in [-0.2, 0) is 16.4 Å². The van der Waals surface area contributed by atoms with Gasteiger partial charge in [-0.2, -0.15) is 4.31 Å². The Morgan fingerprint density at radius 1 is 0.913 bits per heavy atom. The van der Waals surface area contributed by atoms with E-state index in [1.54, 1.807) is 41.0 Å². The Morgan fingerprint density at radius 3 is 2.22 bits per heavy atom. The molecule has 0 saturated carbocycles. The van der Waals surface area contributed by atoms with Crippen LogP contribution in [0.3, 0.4) is 0 Å². The van der Waals surface area contributed by atoms with Crippen molar-refractivity contribution in [2.24, 2.45) is 0 Å². The Bertz CT molecular complexity index is 712. The fourth-order valence-electron chi connectivity index (χ4n) is 2.77. The van der Waals surface area contributed by atoms with E-state index in [4.69, 9.17) is 0 Å². The molecule has 0 bridgehead atoms. The van der Waals surface area contributed by atoms with Gasteiger partial charge in [0, 0.05) is 45.1 Å². The normalized spacial score (nSPS) is 17.2. The first-order valence-electron chi connectivity index (χ1n) is 7.83. The number of nitrogens with zero attached hydrogens (tertiary/aromatic N) is 3. The van der Waals surface area contributed by atoms with E-state index in [9.17, 15) is 8.42 Å². The number of piperazine rings is 1. The molecule has 1 aromatic heterocycles. The molecule has 2 aromatic rings. The van der Waals surface area contributed by atoms with E-state index in [1.807, 2.05) is 18.2 Å². The number of sulfonamides is 1. The Kier molecular flexibility index (Phi) is 5.05. The average molecular weight is 331 g/mol. The van der Waals surface area contributed by atoms with Gasteiger partial charge in [0.1, 0.15) is 0 Å². The van der Waals surface area contributed by atoms with Crippen molar-refractivity contribution in [2.45, 2.75) is 11.3 Å². The first-order chi connectivity index (χ1) is 11.2. The second-order valence-electron chi connectivity index (χ2n) is 5.66.